The van der Waals surface area contributed by atoms with Gasteiger partial charge < -0.3 is 15.3 Å². The van der Waals surface area contributed by atoms with E-state index < -0.39 is 15.9 Å². The Bertz CT molecular complexity index is 685. The van der Waals surface area contributed by atoms with Crippen LogP contribution in [0.2, 0.25) is 0 Å². The molecule has 0 spiro atoms. The van der Waals surface area contributed by atoms with E-state index in [2.05, 4.69) is 4.72 Å². The molecule has 0 aliphatic rings. The molecule has 0 fully saturated rings. The van der Waals surface area contributed by atoms with Gasteiger partial charge in [0.2, 0.25) is 0 Å². The van der Waals surface area contributed by atoms with Crippen molar-refractivity contribution in [3.63, 3.8) is 0 Å². The summed E-state index contributed by atoms with van der Waals surface area (Å²) in [5.41, 5.74) is 6.13. The van der Waals surface area contributed by atoms with E-state index in [0.717, 1.165) is 0 Å². The summed E-state index contributed by atoms with van der Waals surface area (Å²) < 4.78 is 27.1. The number of carbonyl (C=O) groups is 1. The number of rotatable bonds is 3. The average Bonchev–Trinajstić information content (AvgIpc) is 2.40. The Kier molecular flexibility index (Phi) is 5.76. The van der Waals surface area contributed by atoms with Crippen LogP contribution in [0.3, 0.4) is 0 Å². The van der Waals surface area contributed by atoms with Crippen LogP contribution in [-0.4, -0.2) is 14.3 Å². The quantitative estimate of drug-likeness (QED) is 0.592. The molecule has 2 aromatic carbocycles. The Balaban J connectivity index is 0.00000200. The van der Waals surface area contributed by atoms with Crippen LogP contribution in [0.15, 0.2) is 59.5 Å². The number of nitrogen functional groups attached to an aromatic ring is 1. The van der Waals surface area contributed by atoms with E-state index in [-0.39, 0.29) is 40.0 Å². The fourth-order valence-corrected chi connectivity index (χ4v) is 2.34. The number of nitrogens with zero attached hydrogens (tertiary/aromatic N) is 1. The molecule has 0 aliphatic heterocycles. The van der Waals surface area contributed by atoms with E-state index in [4.69, 9.17) is 5.73 Å². The van der Waals surface area contributed by atoms with Crippen molar-refractivity contribution in [3.05, 3.63) is 64.9 Å². The third kappa shape index (κ3) is 4.08. The van der Waals surface area contributed by atoms with Gasteiger partial charge in [-0.25, -0.2) is 8.42 Å². The van der Waals surface area contributed by atoms with Crippen LogP contribution in [-0.2, 0) is 10.0 Å². The number of amides is 1. The summed E-state index contributed by atoms with van der Waals surface area (Å²) in [6.45, 7) is 0. The Morgan fingerprint density at radius 1 is 0.950 bits per heavy atom. The molecular weight excluding hydrogens is 287 g/mol. The maximum atomic E-state index is 11.9. The van der Waals surface area contributed by atoms with E-state index in [1.54, 1.807) is 18.2 Å². The summed E-state index contributed by atoms with van der Waals surface area (Å²) >= 11 is 0. The molecule has 1 amide bonds. The van der Waals surface area contributed by atoms with Crippen molar-refractivity contribution in [1.29, 1.82) is 0 Å². The van der Waals surface area contributed by atoms with Gasteiger partial charge in [0.15, 0.2) is 0 Å². The molecule has 0 saturated heterocycles. The standard InChI is InChI=1S/C13H12N2O3S.Na/c14-11-6-8-12(9-7-11)19(17,18)15-13(16)10-4-2-1-3-5-10;/h1-9H,14H2,(H,15,16);/q;+1/p-1. The van der Waals surface area contributed by atoms with Crippen molar-refractivity contribution < 1.29 is 42.8 Å². The molecular formula is C13H11N2NaO3S. The molecule has 7 heteroatoms. The van der Waals surface area contributed by atoms with Crippen LogP contribution in [0.25, 0.3) is 4.72 Å². The maximum Gasteiger partial charge on any atom is 1.00 e. The fraction of sp³-hybridized carbons (Fsp3) is 0. The van der Waals surface area contributed by atoms with Crippen molar-refractivity contribution >= 4 is 21.6 Å². The van der Waals surface area contributed by atoms with Gasteiger partial charge in [-0.1, -0.05) is 30.3 Å². The van der Waals surface area contributed by atoms with Crippen LogP contribution < -0.4 is 35.3 Å². The molecule has 0 unspecified atom stereocenters. The van der Waals surface area contributed by atoms with Gasteiger partial charge in [-0.2, -0.15) is 0 Å². The van der Waals surface area contributed by atoms with E-state index in [1.165, 1.54) is 36.4 Å². The zero-order chi connectivity index (χ0) is 13.9. The summed E-state index contributed by atoms with van der Waals surface area (Å²) in [7, 11) is -4.00. The van der Waals surface area contributed by atoms with Gasteiger partial charge in [0, 0.05) is 5.69 Å². The van der Waals surface area contributed by atoms with Crippen LogP contribution in [0.4, 0.5) is 5.69 Å². The molecule has 2 aromatic rings. The van der Waals surface area contributed by atoms with Gasteiger partial charge in [0.05, 0.1) is 10.8 Å². The van der Waals surface area contributed by atoms with Gasteiger partial charge in [-0.15, -0.1) is 0 Å². The van der Waals surface area contributed by atoms with Crippen molar-refractivity contribution in [2.45, 2.75) is 4.90 Å². The average molecular weight is 298 g/mol. The van der Waals surface area contributed by atoms with Crippen molar-refractivity contribution in [1.82, 2.24) is 0 Å². The van der Waals surface area contributed by atoms with Crippen LogP contribution in [0.5, 0.6) is 0 Å². The number of benzene rings is 2. The number of sulfonamides is 1. The molecule has 0 aromatic heterocycles. The Labute approximate surface area is 139 Å². The molecule has 0 aliphatic carbocycles. The minimum absolute atomic E-state index is 0. The topological polar surface area (TPSA) is 91.3 Å². The SMILES string of the molecule is Nc1ccc(S(=O)(=O)[N-]C(=O)c2ccccc2)cc1.[Na+]. The molecule has 0 radical (unpaired) electrons. The number of nitrogens with two attached hydrogens (primary N) is 1. The summed E-state index contributed by atoms with van der Waals surface area (Å²) in [5, 5.41) is 0. The second-order valence-electron chi connectivity index (χ2n) is 3.81. The van der Waals surface area contributed by atoms with Crippen LogP contribution in [0, 0.1) is 0 Å². The molecule has 0 saturated carbocycles. The van der Waals surface area contributed by atoms with Crippen LogP contribution in [0.1, 0.15) is 10.4 Å². The Hall–Kier alpha value is -1.34. The van der Waals surface area contributed by atoms with Gasteiger partial charge in [-0.05, 0) is 29.8 Å². The van der Waals surface area contributed by atoms with E-state index in [9.17, 15) is 13.2 Å². The van der Waals surface area contributed by atoms with Crippen molar-refractivity contribution in [2.75, 3.05) is 5.73 Å². The number of carbonyl (C=O) groups excluding carboxylic acids is 1. The third-order valence-corrected chi connectivity index (χ3v) is 3.68. The van der Waals surface area contributed by atoms with Gasteiger partial charge >= 0.3 is 29.6 Å². The smallest absolute Gasteiger partial charge is 0.538 e. The zero-order valence-electron chi connectivity index (χ0n) is 10.9. The third-order valence-electron chi connectivity index (χ3n) is 2.40. The molecule has 2 rings (SSSR count). The van der Waals surface area contributed by atoms with E-state index in [0.29, 0.717) is 5.69 Å². The van der Waals surface area contributed by atoms with Gasteiger partial charge in [0.1, 0.15) is 10.0 Å². The minimum Gasteiger partial charge on any atom is -0.538 e. The maximum absolute atomic E-state index is 11.9. The summed E-state index contributed by atoms with van der Waals surface area (Å²) in [4.78, 5) is 11.7. The molecule has 20 heavy (non-hydrogen) atoms. The first kappa shape index (κ1) is 16.7. The summed E-state index contributed by atoms with van der Waals surface area (Å²) in [6, 6.07) is 13.5. The predicted octanol–water partition coefficient (Wildman–Crippen LogP) is -0.824. The summed E-state index contributed by atoms with van der Waals surface area (Å²) in [6.07, 6.45) is 0. The largest absolute Gasteiger partial charge is 1.00 e. The normalized spacial score (nSPS) is 10.4. The molecule has 0 heterocycles. The van der Waals surface area contributed by atoms with E-state index in [1.807, 2.05) is 0 Å². The number of anilines is 1. The minimum atomic E-state index is -4.00. The van der Waals surface area contributed by atoms with Crippen molar-refractivity contribution in [3.8, 4) is 0 Å². The fourth-order valence-electron chi connectivity index (χ4n) is 1.44. The molecule has 2 N–H and O–H groups in total. The molecule has 0 bridgehead atoms. The summed E-state index contributed by atoms with van der Waals surface area (Å²) in [5.74, 6) is -0.794. The second kappa shape index (κ2) is 6.90. The van der Waals surface area contributed by atoms with Crippen LogP contribution >= 0.6 is 0 Å². The van der Waals surface area contributed by atoms with Gasteiger partial charge in [0.25, 0.3) is 0 Å². The second-order valence-corrected chi connectivity index (χ2v) is 5.41. The monoisotopic (exact) mass is 298 g/mol. The first-order valence-electron chi connectivity index (χ1n) is 5.42. The predicted molar refractivity (Wildman–Crippen MR) is 72.2 cm³/mol. The first-order valence-corrected chi connectivity index (χ1v) is 6.86. The number of hydrogen-bond donors (Lipinski definition) is 1. The van der Waals surface area contributed by atoms with Crippen molar-refractivity contribution in [2.24, 2.45) is 0 Å². The Morgan fingerprint density at radius 3 is 2.05 bits per heavy atom. The van der Waals surface area contributed by atoms with Gasteiger partial charge in [-0.3, -0.25) is 0 Å². The van der Waals surface area contributed by atoms with E-state index >= 15 is 0 Å². The first-order chi connectivity index (χ1) is 8.99. The molecule has 98 valence electrons. The molecule has 0 atom stereocenters. The molecule has 5 nitrogen and oxygen atoms in total. The number of hydrogen-bond acceptors (Lipinski definition) is 4. The Morgan fingerprint density at radius 2 is 1.50 bits per heavy atom. The zero-order valence-corrected chi connectivity index (χ0v) is 13.7.